The van der Waals surface area contributed by atoms with Gasteiger partial charge in [-0.3, -0.25) is 4.57 Å². The van der Waals surface area contributed by atoms with Crippen LogP contribution >= 0.6 is 0 Å². The first kappa shape index (κ1) is 27.3. The van der Waals surface area contributed by atoms with E-state index in [1.807, 2.05) is 0 Å². The highest BCUT2D eigenvalue weighted by molar-refractivity contribution is 5.91. The molecule has 0 unspecified atom stereocenters. The average Bonchev–Trinajstić information content (AvgIpc) is 3.33. The average molecular weight is 556 g/mol. The van der Waals surface area contributed by atoms with Crippen LogP contribution < -0.4 is 11.4 Å². The smallest absolute Gasteiger partial charge is 0.351 e. The molecule has 0 saturated carbocycles. The predicted molar refractivity (Wildman–Crippen MR) is 145 cm³/mol. The van der Waals surface area contributed by atoms with Crippen molar-refractivity contribution in [2.75, 3.05) is 12.3 Å². The van der Waals surface area contributed by atoms with Gasteiger partial charge in [0.1, 0.15) is 18.5 Å². The molecule has 1 aliphatic rings. The number of ether oxygens (including phenoxy) is 4. The van der Waals surface area contributed by atoms with Gasteiger partial charge in [0.15, 0.2) is 18.4 Å². The van der Waals surface area contributed by atoms with Gasteiger partial charge in [0.05, 0.1) is 16.7 Å². The highest BCUT2D eigenvalue weighted by atomic mass is 16.7. The van der Waals surface area contributed by atoms with Crippen molar-refractivity contribution < 1.29 is 33.3 Å². The molecule has 4 aromatic rings. The Bertz CT molecular complexity index is 1580. The summed E-state index contributed by atoms with van der Waals surface area (Å²) in [4.78, 5) is 55.5. The maximum atomic E-state index is 13.1. The second-order valence-corrected chi connectivity index (χ2v) is 9.04. The minimum atomic E-state index is -1.33. The summed E-state index contributed by atoms with van der Waals surface area (Å²) < 4.78 is 24.3. The lowest BCUT2D eigenvalue weighted by atomic mass is 10.1. The number of nitrogen functional groups attached to an aromatic ring is 1. The molecule has 1 aromatic heterocycles. The molecular formula is C30H25N3O8. The lowest BCUT2D eigenvalue weighted by molar-refractivity contribution is -0.0639. The third-order valence-electron chi connectivity index (χ3n) is 6.30. The van der Waals surface area contributed by atoms with E-state index in [2.05, 4.69) is 4.98 Å². The zero-order chi connectivity index (χ0) is 28.8. The SMILES string of the molecule is Nc1ccn([C@@H]2O[C@H](COC(=O)c3ccccc3)[C@@H](OC(=O)c3ccccc3)[C@H]2OC(=O)c2ccccc2)c(=O)n1. The molecule has 0 aliphatic carbocycles. The van der Waals surface area contributed by atoms with Crippen LogP contribution in [0.1, 0.15) is 37.3 Å². The van der Waals surface area contributed by atoms with E-state index in [9.17, 15) is 19.2 Å². The molecule has 2 N–H and O–H groups in total. The number of rotatable bonds is 8. The molecule has 1 aliphatic heterocycles. The molecule has 0 spiro atoms. The predicted octanol–water partition coefficient (Wildman–Crippen LogP) is 3.03. The van der Waals surface area contributed by atoms with E-state index in [1.54, 1.807) is 91.0 Å². The fraction of sp³-hybridized carbons (Fsp3) is 0.167. The van der Waals surface area contributed by atoms with Crippen LogP contribution in [0.15, 0.2) is 108 Å². The Hall–Kier alpha value is -5.29. The molecule has 4 atom stereocenters. The van der Waals surface area contributed by atoms with Crippen molar-refractivity contribution in [1.82, 2.24) is 9.55 Å². The van der Waals surface area contributed by atoms with Gasteiger partial charge in [0.25, 0.3) is 0 Å². The number of carbonyl (C=O) groups is 3. The standard InChI is InChI=1S/C30H25N3O8/c31-23-16-17-33(30(37)32-23)26-25(41-29(36)21-14-8-3-9-15-21)24(40-28(35)20-12-6-2-7-13-20)22(39-26)18-38-27(34)19-10-4-1-5-11-19/h1-17,22,24-26H,18H2,(H2,31,32,37)/t22-,24-,25-,26-/m1/s1. The Balaban J connectivity index is 1.49. The van der Waals surface area contributed by atoms with Crippen LogP contribution in [-0.2, 0) is 18.9 Å². The lowest BCUT2D eigenvalue weighted by Gasteiger charge is -2.25. The lowest BCUT2D eigenvalue weighted by Crippen LogP contribution is -2.42. The Morgan fingerprint density at radius 2 is 1.22 bits per heavy atom. The number of hydrogen-bond acceptors (Lipinski definition) is 10. The van der Waals surface area contributed by atoms with Crippen molar-refractivity contribution in [3.63, 3.8) is 0 Å². The van der Waals surface area contributed by atoms with Crippen LogP contribution in [0, 0.1) is 0 Å². The second-order valence-electron chi connectivity index (χ2n) is 9.04. The summed E-state index contributed by atoms with van der Waals surface area (Å²) in [6.07, 6.45) is -3.71. The molecule has 3 aromatic carbocycles. The summed E-state index contributed by atoms with van der Waals surface area (Å²) in [5.74, 6) is -2.15. The highest BCUT2D eigenvalue weighted by Crippen LogP contribution is 2.34. The van der Waals surface area contributed by atoms with Gasteiger partial charge in [-0.15, -0.1) is 0 Å². The van der Waals surface area contributed by atoms with E-state index < -0.39 is 48.1 Å². The topological polar surface area (TPSA) is 149 Å². The summed E-state index contributed by atoms with van der Waals surface area (Å²) >= 11 is 0. The van der Waals surface area contributed by atoms with Crippen molar-refractivity contribution >= 4 is 23.7 Å². The number of hydrogen-bond donors (Lipinski definition) is 1. The van der Waals surface area contributed by atoms with Gasteiger partial charge in [-0.2, -0.15) is 4.98 Å². The Labute approximate surface area is 234 Å². The first-order valence-electron chi connectivity index (χ1n) is 12.6. The molecule has 5 rings (SSSR count). The van der Waals surface area contributed by atoms with Crippen LogP contribution in [0.2, 0.25) is 0 Å². The minimum absolute atomic E-state index is 0.0255. The van der Waals surface area contributed by atoms with Crippen molar-refractivity contribution in [2.45, 2.75) is 24.5 Å². The van der Waals surface area contributed by atoms with Crippen molar-refractivity contribution in [2.24, 2.45) is 0 Å². The van der Waals surface area contributed by atoms with E-state index >= 15 is 0 Å². The van der Waals surface area contributed by atoms with E-state index in [0.29, 0.717) is 5.56 Å². The number of benzene rings is 3. The Kier molecular flexibility index (Phi) is 8.16. The third-order valence-corrected chi connectivity index (χ3v) is 6.30. The molecule has 2 heterocycles. The van der Waals surface area contributed by atoms with Gasteiger partial charge in [-0.25, -0.2) is 19.2 Å². The van der Waals surface area contributed by atoms with Gasteiger partial charge in [-0.05, 0) is 42.5 Å². The third kappa shape index (κ3) is 6.31. The van der Waals surface area contributed by atoms with Gasteiger partial charge < -0.3 is 24.7 Å². The monoisotopic (exact) mass is 555 g/mol. The normalized spacial score (nSPS) is 19.7. The van der Waals surface area contributed by atoms with Crippen LogP contribution in [0.25, 0.3) is 0 Å². The highest BCUT2D eigenvalue weighted by Gasteiger charge is 2.51. The van der Waals surface area contributed by atoms with Gasteiger partial charge in [-0.1, -0.05) is 54.6 Å². The molecule has 11 nitrogen and oxygen atoms in total. The maximum Gasteiger partial charge on any atom is 0.351 e. The molecule has 208 valence electrons. The number of esters is 3. The van der Waals surface area contributed by atoms with E-state index in [1.165, 1.54) is 12.3 Å². The maximum absolute atomic E-state index is 13.1. The number of nitrogens with two attached hydrogens (primary N) is 1. The first-order valence-corrected chi connectivity index (χ1v) is 12.6. The summed E-state index contributed by atoms with van der Waals surface area (Å²) in [6, 6.07) is 26.0. The second kappa shape index (κ2) is 12.3. The first-order chi connectivity index (χ1) is 19.9. The van der Waals surface area contributed by atoms with Crippen molar-refractivity contribution in [3.05, 3.63) is 130 Å². The van der Waals surface area contributed by atoms with Gasteiger partial charge in [0.2, 0.25) is 0 Å². The molecule has 41 heavy (non-hydrogen) atoms. The molecule has 1 saturated heterocycles. The minimum Gasteiger partial charge on any atom is -0.459 e. The molecule has 0 amide bonds. The number of nitrogens with zero attached hydrogens (tertiary/aromatic N) is 2. The molecule has 0 radical (unpaired) electrons. The summed E-state index contributed by atoms with van der Waals surface area (Å²) in [5.41, 5.74) is 5.63. The Morgan fingerprint density at radius 3 is 1.73 bits per heavy atom. The fourth-order valence-electron chi connectivity index (χ4n) is 4.30. The number of carbonyl (C=O) groups excluding carboxylic acids is 3. The quantitative estimate of drug-likeness (QED) is 0.254. The zero-order valence-electron chi connectivity index (χ0n) is 21.6. The Morgan fingerprint density at radius 1 is 0.732 bits per heavy atom. The van der Waals surface area contributed by atoms with Crippen LogP contribution in [0.3, 0.4) is 0 Å². The van der Waals surface area contributed by atoms with Crippen LogP contribution in [0.4, 0.5) is 5.82 Å². The molecular weight excluding hydrogens is 530 g/mol. The molecule has 1 fully saturated rings. The summed E-state index contributed by atoms with van der Waals surface area (Å²) in [7, 11) is 0. The van der Waals surface area contributed by atoms with Crippen molar-refractivity contribution in [3.8, 4) is 0 Å². The van der Waals surface area contributed by atoms with Gasteiger partial charge >= 0.3 is 23.6 Å². The van der Waals surface area contributed by atoms with E-state index in [0.717, 1.165) is 4.57 Å². The summed E-state index contributed by atoms with van der Waals surface area (Å²) in [6.45, 7) is -0.381. The molecule has 0 bridgehead atoms. The van der Waals surface area contributed by atoms with E-state index in [-0.39, 0.29) is 23.6 Å². The van der Waals surface area contributed by atoms with Crippen LogP contribution in [-0.4, -0.2) is 52.4 Å². The van der Waals surface area contributed by atoms with Crippen molar-refractivity contribution in [1.29, 1.82) is 0 Å². The zero-order valence-corrected chi connectivity index (χ0v) is 21.6. The fourth-order valence-corrected chi connectivity index (χ4v) is 4.30. The van der Waals surface area contributed by atoms with Crippen LogP contribution in [0.5, 0.6) is 0 Å². The summed E-state index contributed by atoms with van der Waals surface area (Å²) in [5, 5.41) is 0. The number of aromatic nitrogens is 2. The largest absolute Gasteiger partial charge is 0.459 e. The molecule has 11 heteroatoms. The van der Waals surface area contributed by atoms with E-state index in [4.69, 9.17) is 24.7 Å². The number of anilines is 1. The van der Waals surface area contributed by atoms with Gasteiger partial charge in [0, 0.05) is 6.20 Å².